The Morgan fingerprint density at radius 2 is 1.86 bits per heavy atom. The largest absolute Gasteiger partial charge is 0.449 e. The SMILES string of the molecule is CC(C)NC(=O)NC(=O)C(C)OC(=O)c1cc(Br)ccc1N. The van der Waals surface area contributed by atoms with Crippen molar-refractivity contribution in [3.63, 3.8) is 0 Å². The van der Waals surface area contributed by atoms with Crippen molar-refractivity contribution in [3.8, 4) is 0 Å². The molecule has 22 heavy (non-hydrogen) atoms. The smallest absolute Gasteiger partial charge is 0.341 e. The molecule has 0 aromatic heterocycles. The standard InChI is InChI=1S/C14H18BrN3O4/c1-7(2)17-14(21)18-12(19)8(3)22-13(20)10-6-9(15)4-5-11(10)16/h4-8H,16H2,1-3H3,(H2,17,18,19,21). The molecule has 1 atom stereocenters. The molecule has 120 valence electrons. The van der Waals surface area contributed by atoms with E-state index in [4.69, 9.17) is 10.5 Å². The van der Waals surface area contributed by atoms with Gasteiger partial charge in [-0.15, -0.1) is 0 Å². The Kier molecular flexibility index (Phi) is 6.36. The molecule has 0 saturated heterocycles. The van der Waals surface area contributed by atoms with E-state index in [1.54, 1.807) is 26.0 Å². The number of nitrogens with one attached hydrogen (secondary N) is 2. The monoisotopic (exact) mass is 371 g/mol. The highest BCUT2D eigenvalue weighted by Crippen LogP contribution is 2.19. The highest BCUT2D eigenvalue weighted by atomic mass is 79.9. The van der Waals surface area contributed by atoms with E-state index in [1.165, 1.54) is 13.0 Å². The summed E-state index contributed by atoms with van der Waals surface area (Å²) < 4.78 is 5.66. The Morgan fingerprint density at radius 1 is 1.23 bits per heavy atom. The molecule has 1 unspecified atom stereocenters. The average Bonchev–Trinajstić information content (AvgIpc) is 2.40. The summed E-state index contributed by atoms with van der Waals surface area (Å²) in [5, 5.41) is 4.58. The van der Waals surface area contributed by atoms with Crippen molar-refractivity contribution in [3.05, 3.63) is 28.2 Å². The van der Waals surface area contributed by atoms with E-state index < -0.39 is 24.0 Å². The number of halogens is 1. The van der Waals surface area contributed by atoms with Gasteiger partial charge in [-0.2, -0.15) is 0 Å². The predicted molar refractivity (Wildman–Crippen MR) is 85.2 cm³/mol. The van der Waals surface area contributed by atoms with Gasteiger partial charge in [-0.1, -0.05) is 15.9 Å². The Labute approximate surface area is 136 Å². The molecular weight excluding hydrogens is 354 g/mol. The maximum Gasteiger partial charge on any atom is 0.341 e. The fourth-order valence-electron chi connectivity index (χ4n) is 1.49. The molecule has 1 aromatic rings. The van der Waals surface area contributed by atoms with Gasteiger partial charge >= 0.3 is 12.0 Å². The van der Waals surface area contributed by atoms with Crippen LogP contribution in [0.3, 0.4) is 0 Å². The van der Waals surface area contributed by atoms with Crippen molar-refractivity contribution < 1.29 is 19.1 Å². The van der Waals surface area contributed by atoms with Crippen LogP contribution in [0.5, 0.6) is 0 Å². The molecule has 0 aliphatic carbocycles. The van der Waals surface area contributed by atoms with E-state index in [0.29, 0.717) is 4.47 Å². The molecule has 7 nitrogen and oxygen atoms in total. The van der Waals surface area contributed by atoms with Crippen LogP contribution in [0.4, 0.5) is 10.5 Å². The van der Waals surface area contributed by atoms with Crippen LogP contribution in [-0.2, 0) is 9.53 Å². The van der Waals surface area contributed by atoms with E-state index in [2.05, 4.69) is 26.6 Å². The van der Waals surface area contributed by atoms with Crippen LogP contribution in [0, 0.1) is 0 Å². The average molecular weight is 372 g/mol. The zero-order valence-electron chi connectivity index (χ0n) is 12.5. The van der Waals surface area contributed by atoms with Crippen molar-refractivity contribution in [1.29, 1.82) is 0 Å². The van der Waals surface area contributed by atoms with Gasteiger partial charge in [0.15, 0.2) is 6.10 Å². The predicted octanol–water partition coefficient (Wildman–Crippen LogP) is 1.81. The fraction of sp³-hybridized carbons (Fsp3) is 0.357. The van der Waals surface area contributed by atoms with Gasteiger partial charge in [0.1, 0.15) is 0 Å². The molecule has 0 aliphatic heterocycles. The number of imide groups is 1. The van der Waals surface area contributed by atoms with E-state index in [-0.39, 0.29) is 17.3 Å². The molecule has 1 rings (SSSR count). The number of nitrogen functional groups attached to an aromatic ring is 1. The number of benzene rings is 1. The number of esters is 1. The molecule has 8 heteroatoms. The maximum absolute atomic E-state index is 12.0. The second kappa shape index (κ2) is 7.79. The molecule has 4 N–H and O–H groups in total. The minimum Gasteiger partial charge on any atom is -0.449 e. The Hall–Kier alpha value is -2.09. The number of hydrogen-bond acceptors (Lipinski definition) is 5. The number of rotatable bonds is 4. The zero-order chi connectivity index (χ0) is 16.9. The van der Waals surface area contributed by atoms with Gasteiger partial charge in [0.05, 0.1) is 5.56 Å². The molecule has 0 radical (unpaired) electrons. The summed E-state index contributed by atoms with van der Waals surface area (Å²) in [4.78, 5) is 35.2. The van der Waals surface area contributed by atoms with Gasteiger partial charge in [0.25, 0.3) is 5.91 Å². The number of ether oxygens (including phenoxy) is 1. The zero-order valence-corrected chi connectivity index (χ0v) is 14.1. The first-order chi connectivity index (χ1) is 10.2. The van der Waals surface area contributed by atoms with E-state index in [9.17, 15) is 14.4 Å². The summed E-state index contributed by atoms with van der Waals surface area (Å²) in [6.07, 6.45) is -1.14. The number of nitrogens with two attached hydrogens (primary N) is 1. The minimum atomic E-state index is -1.14. The highest BCUT2D eigenvalue weighted by Gasteiger charge is 2.22. The summed E-state index contributed by atoms with van der Waals surface area (Å²) in [5.74, 6) is -1.47. The summed E-state index contributed by atoms with van der Waals surface area (Å²) in [5.41, 5.74) is 6.07. The highest BCUT2D eigenvalue weighted by molar-refractivity contribution is 9.10. The summed E-state index contributed by atoms with van der Waals surface area (Å²) in [6.45, 7) is 4.87. The molecule has 0 bridgehead atoms. The molecule has 0 heterocycles. The number of carbonyl (C=O) groups is 3. The Balaban J connectivity index is 2.65. The molecule has 1 aromatic carbocycles. The van der Waals surface area contributed by atoms with Gasteiger partial charge in [-0.05, 0) is 39.0 Å². The van der Waals surface area contributed by atoms with E-state index in [1.807, 2.05) is 0 Å². The number of urea groups is 1. The lowest BCUT2D eigenvalue weighted by Gasteiger charge is -2.15. The first-order valence-corrected chi connectivity index (χ1v) is 7.37. The Bertz CT molecular complexity index is 589. The van der Waals surface area contributed by atoms with Crippen LogP contribution >= 0.6 is 15.9 Å². The van der Waals surface area contributed by atoms with Crippen molar-refractivity contribution in [2.75, 3.05) is 5.73 Å². The number of anilines is 1. The van der Waals surface area contributed by atoms with E-state index >= 15 is 0 Å². The quantitative estimate of drug-likeness (QED) is 0.552. The van der Waals surface area contributed by atoms with Crippen LogP contribution in [-0.4, -0.2) is 30.1 Å². The lowest BCUT2D eigenvalue weighted by atomic mass is 10.2. The molecule has 0 spiro atoms. The van der Waals surface area contributed by atoms with Crippen molar-refractivity contribution in [2.45, 2.75) is 32.9 Å². The van der Waals surface area contributed by atoms with Crippen LogP contribution in [0.15, 0.2) is 22.7 Å². The molecule has 0 fully saturated rings. The van der Waals surface area contributed by atoms with Gasteiger partial charge in [-0.25, -0.2) is 9.59 Å². The van der Waals surface area contributed by atoms with Crippen molar-refractivity contribution >= 4 is 39.5 Å². The van der Waals surface area contributed by atoms with Crippen LogP contribution in [0.2, 0.25) is 0 Å². The first kappa shape index (κ1) is 18.0. The first-order valence-electron chi connectivity index (χ1n) is 6.58. The third-order valence-corrected chi connectivity index (χ3v) is 3.04. The number of hydrogen-bond donors (Lipinski definition) is 3. The lowest BCUT2D eigenvalue weighted by molar-refractivity contribution is -0.127. The summed E-state index contributed by atoms with van der Waals surface area (Å²) >= 11 is 3.22. The molecule has 0 aliphatic rings. The van der Waals surface area contributed by atoms with Gasteiger partial charge in [0, 0.05) is 16.2 Å². The van der Waals surface area contributed by atoms with Gasteiger partial charge < -0.3 is 15.8 Å². The fourth-order valence-corrected chi connectivity index (χ4v) is 1.86. The lowest BCUT2D eigenvalue weighted by Crippen LogP contribution is -2.46. The van der Waals surface area contributed by atoms with Gasteiger partial charge in [0.2, 0.25) is 0 Å². The molecule has 3 amide bonds. The van der Waals surface area contributed by atoms with Crippen molar-refractivity contribution in [1.82, 2.24) is 10.6 Å². The summed E-state index contributed by atoms with van der Waals surface area (Å²) in [7, 11) is 0. The molecule has 0 saturated carbocycles. The Morgan fingerprint density at radius 3 is 2.45 bits per heavy atom. The molecular formula is C14H18BrN3O4. The second-order valence-corrected chi connectivity index (χ2v) is 5.81. The minimum absolute atomic E-state index is 0.118. The van der Waals surface area contributed by atoms with Crippen LogP contribution in [0.25, 0.3) is 0 Å². The third kappa shape index (κ3) is 5.36. The van der Waals surface area contributed by atoms with Crippen LogP contribution < -0.4 is 16.4 Å². The van der Waals surface area contributed by atoms with Gasteiger partial charge in [-0.3, -0.25) is 10.1 Å². The third-order valence-electron chi connectivity index (χ3n) is 2.54. The topological polar surface area (TPSA) is 111 Å². The van der Waals surface area contributed by atoms with Crippen molar-refractivity contribution in [2.24, 2.45) is 0 Å². The van der Waals surface area contributed by atoms with E-state index in [0.717, 1.165) is 0 Å². The van der Waals surface area contributed by atoms with Crippen LogP contribution in [0.1, 0.15) is 31.1 Å². The number of amides is 3. The maximum atomic E-state index is 12.0. The second-order valence-electron chi connectivity index (χ2n) is 4.90. The summed E-state index contributed by atoms with van der Waals surface area (Å²) in [6, 6.07) is 3.95. The number of carbonyl (C=O) groups excluding carboxylic acids is 3. The normalized spacial score (nSPS) is 11.7.